The molecule has 0 atom stereocenters. The van der Waals surface area contributed by atoms with Gasteiger partial charge in [-0.1, -0.05) is 19.9 Å². The van der Waals surface area contributed by atoms with Crippen LogP contribution in [0.1, 0.15) is 24.3 Å². The molecule has 0 fully saturated rings. The van der Waals surface area contributed by atoms with Crippen LogP contribution in [-0.2, 0) is 5.75 Å². The number of amides is 2. The van der Waals surface area contributed by atoms with Crippen molar-refractivity contribution in [3.05, 3.63) is 59.4 Å². The molecule has 0 saturated carbocycles. The van der Waals surface area contributed by atoms with Crippen LogP contribution in [0.15, 0.2) is 53.8 Å². The first-order valence-electron chi connectivity index (χ1n) is 9.28. The molecule has 29 heavy (non-hydrogen) atoms. The molecule has 8 heteroatoms. The molecule has 2 heterocycles. The topological polar surface area (TPSA) is 76.1 Å². The van der Waals surface area contributed by atoms with Crippen LogP contribution in [0.25, 0.3) is 0 Å². The Bertz CT molecular complexity index is 945. The first-order valence-corrected chi connectivity index (χ1v) is 11.1. The van der Waals surface area contributed by atoms with Crippen molar-refractivity contribution in [1.29, 1.82) is 0 Å². The Labute approximate surface area is 179 Å². The van der Waals surface area contributed by atoms with Crippen molar-refractivity contribution in [1.82, 2.24) is 9.97 Å². The Hall–Kier alpha value is -2.58. The molecule has 2 N–H and O–H groups in total. The highest BCUT2D eigenvalue weighted by Crippen LogP contribution is 2.28. The van der Waals surface area contributed by atoms with Gasteiger partial charge in [0.2, 0.25) is 0 Å². The van der Waals surface area contributed by atoms with Crippen LogP contribution < -0.4 is 15.4 Å². The fourth-order valence-electron chi connectivity index (χ4n) is 2.38. The standard InChI is InChI=1S/C21H24N4O2S2/c1-14(2)12-27-19-9-15(3)6-7-18(19)24-20(26)25-21-23-11-17(29-21)13-28-16-5-4-8-22-10-16/h4-11,14H,12-13H2,1-3H3,(H2,23,24,25,26). The van der Waals surface area contributed by atoms with Crippen LogP contribution in [0.2, 0.25) is 0 Å². The molecule has 0 aliphatic heterocycles. The van der Waals surface area contributed by atoms with Crippen molar-refractivity contribution in [2.45, 2.75) is 31.4 Å². The van der Waals surface area contributed by atoms with E-state index < -0.39 is 0 Å². The Morgan fingerprint density at radius 3 is 2.86 bits per heavy atom. The van der Waals surface area contributed by atoms with Gasteiger partial charge in [0.1, 0.15) is 5.75 Å². The van der Waals surface area contributed by atoms with E-state index in [1.165, 1.54) is 11.3 Å². The highest BCUT2D eigenvalue weighted by atomic mass is 32.2. The van der Waals surface area contributed by atoms with Gasteiger partial charge >= 0.3 is 6.03 Å². The van der Waals surface area contributed by atoms with Crippen molar-refractivity contribution in [3.63, 3.8) is 0 Å². The number of pyridine rings is 1. The normalized spacial score (nSPS) is 10.8. The third kappa shape index (κ3) is 6.76. The van der Waals surface area contributed by atoms with E-state index in [1.54, 1.807) is 24.2 Å². The van der Waals surface area contributed by atoms with Crippen molar-refractivity contribution in [2.75, 3.05) is 17.2 Å². The van der Waals surface area contributed by atoms with Gasteiger partial charge < -0.3 is 10.1 Å². The number of hydrogen-bond acceptors (Lipinski definition) is 6. The first-order chi connectivity index (χ1) is 14.0. The van der Waals surface area contributed by atoms with Crippen LogP contribution in [0, 0.1) is 12.8 Å². The number of aromatic nitrogens is 2. The molecule has 2 amide bonds. The summed E-state index contributed by atoms with van der Waals surface area (Å²) in [6, 6.07) is 9.30. The Morgan fingerprint density at radius 1 is 1.24 bits per heavy atom. The molecule has 6 nitrogen and oxygen atoms in total. The van der Waals surface area contributed by atoms with E-state index in [2.05, 4.69) is 34.4 Å². The lowest BCUT2D eigenvalue weighted by Gasteiger charge is -2.14. The van der Waals surface area contributed by atoms with Crippen LogP contribution in [0.4, 0.5) is 15.6 Å². The van der Waals surface area contributed by atoms with Crippen molar-refractivity contribution < 1.29 is 9.53 Å². The van der Waals surface area contributed by atoms with Crippen LogP contribution in [0.5, 0.6) is 5.75 Å². The molecule has 0 bridgehead atoms. The molecule has 0 spiro atoms. The predicted octanol–water partition coefficient (Wildman–Crippen LogP) is 5.82. The molecule has 3 rings (SSSR count). The second-order valence-electron chi connectivity index (χ2n) is 6.89. The number of aryl methyl sites for hydroxylation is 1. The molecule has 0 saturated heterocycles. The summed E-state index contributed by atoms with van der Waals surface area (Å²) >= 11 is 3.14. The zero-order chi connectivity index (χ0) is 20.6. The van der Waals surface area contributed by atoms with Crippen LogP contribution >= 0.6 is 23.1 Å². The molecular formula is C21H24N4O2S2. The Morgan fingerprint density at radius 2 is 2.10 bits per heavy atom. The quantitative estimate of drug-likeness (QED) is 0.442. The van der Waals surface area contributed by atoms with Crippen LogP contribution in [-0.4, -0.2) is 22.6 Å². The molecule has 0 unspecified atom stereocenters. The first kappa shape index (κ1) is 21.1. The number of thiazole rings is 1. The van der Waals surface area contributed by atoms with Gasteiger partial charge in [0.15, 0.2) is 5.13 Å². The molecule has 1 aromatic carbocycles. The van der Waals surface area contributed by atoms with Gasteiger partial charge in [0.05, 0.1) is 12.3 Å². The summed E-state index contributed by atoms with van der Waals surface area (Å²) in [6.07, 6.45) is 5.37. The lowest BCUT2D eigenvalue weighted by Crippen LogP contribution is -2.20. The molecule has 3 aromatic rings. The average Bonchev–Trinajstić information content (AvgIpc) is 3.14. The maximum absolute atomic E-state index is 12.4. The number of carbonyl (C=O) groups is 1. The summed E-state index contributed by atoms with van der Waals surface area (Å²) in [5.41, 5.74) is 1.71. The molecular weight excluding hydrogens is 404 g/mol. The third-order valence-electron chi connectivity index (χ3n) is 3.75. The number of anilines is 2. The highest BCUT2D eigenvalue weighted by Gasteiger charge is 2.11. The highest BCUT2D eigenvalue weighted by molar-refractivity contribution is 7.98. The van der Waals surface area contributed by atoms with E-state index in [4.69, 9.17) is 4.74 Å². The number of nitrogens with zero attached hydrogens (tertiary/aromatic N) is 2. The summed E-state index contributed by atoms with van der Waals surface area (Å²) in [5.74, 6) is 1.84. The second-order valence-corrected chi connectivity index (χ2v) is 9.06. The van der Waals surface area contributed by atoms with E-state index in [1.807, 2.05) is 43.5 Å². The summed E-state index contributed by atoms with van der Waals surface area (Å²) in [6.45, 7) is 6.75. The molecule has 2 aromatic heterocycles. The number of nitrogens with one attached hydrogen (secondary N) is 2. The zero-order valence-electron chi connectivity index (χ0n) is 16.6. The van der Waals surface area contributed by atoms with Crippen molar-refractivity contribution in [3.8, 4) is 5.75 Å². The number of rotatable bonds is 8. The lowest BCUT2D eigenvalue weighted by molar-refractivity contribution is 0.260. The molecule has 0 aliphatic carbocycles. The van der Waals surface area contributed by atoms with Gasteiger partial charge in [-0.2, -0.15) is 0 Å². The van der Waals surface area contributed by atoms with Crippen molar-refractivity contribution >= 4 is 39.9 Å². The van der Waals surface area contributed by atoms with Gasteiger partial charge in [0, 0.05) is 34.1 Å². The van der Waals surface area contributed by atoms with Gasteiger partial charge in [-0.05, 0) is 42.7 Å². The zero-order valence-corrected chi connectivity index (χ0v) is 18.3. The summed E-state index contributed by atoms with van der Waals surface area (Å²) < 4.78 is 5.85. The number of urea groups is 1. The van der Waals surface area contributed by atoms with E-state index in [0.29, 0.717) is 29.1 Å². The van der Waals surface area contributed by atoms with Gasteiger partial charge in [-0.25, -0.2) is 9.78 Å². The van der Waals surface area contributed by atoms with E-state index in [0.717, 1.165) is 21.1 Å². The maximum Gasteiger partial charge on any atom is 0.325 e. The largest absolute Gasteiger partial charge is 0.491 e. The monoisotopic (exact) mass is 428 g/mol. The minimum atomic E-state index is -0.343. The lowest BCUT2D eigenvalue weighted by atomic mass is 10.2. The molecule has 152 valence electrons. The summed E-state index contributed by atoms with van der Waals surface area (Å²) in [7, 11) is 0. The number of hydrogen-bond donors (Lipinski definition) is 2. The van der Waals surface area contributed by atoms with Gasteiger partial charge in [-0.3, -0.25) is 10.3 Å². The SMILES string of the molecule is Cc1ccc(NC(=O)Nc2ncc(CSc3cccnc3)s2)c(OCC(C)C)c1. The minimum Gasteiger partial charge on any atom is -0.491 e. The molecule has 0 radical (unpaired) electrons. The van der Waals surface area contributed by atoms with E-state index in [-0.39, 0.29) is 6.03 Å². The Kier molecular flexibility index (Phi) is 7.48. The Balaban J connectivity index is 1.56. The smallest absolute Gasteiger partial charge is 0.325 e. The maximum atomic E-state index is 12.4. The minimum absolute atomic E-state index is 0.343. The predicted molar refractivity (Wildman–Crippen MR) is 120 cm³/mol. The summed E-state index contributed by atoms with van der Waals surface area (Å²) in [4.78, 5) is 23.0. The van der Waals surface area contributed by atoms with E-state index in [9.17, 15) is 4.79 Å². The molecule has 0 aliphatic rings. The number of carbonyl (C=O) groups excluding carboxylic acids is 1. The summed E-state index contributed by atoms with van der Waals surface area (Å²) in [5, 5.41) is 6.21. The van der Waals surface area contributed by atoms with Crippen LogP contribution in [0.3, 0.4) is 0 Å². The fraction of sp³-hybridized carbons (Fsp3) is 0.286. The van der Waals surface area contributed by atoms with E-state index >= 15 is 0 Å². The third-order valence-corrected chi connectivity index (χ3v) is 5.87. The fourth-order valence-corrected chi connectivity index (χ4v) is 4.09. The second kappa shape index (κ2) is 10.3. The number of thioether (sulfide) groups is 1. The van der Waals surface area contributed by atoms with Crippen molar-refractivity contribution in [2.24, 2.45) is 5.92 Å². The van der Waals surface area contributed by atoms with Gasteiger partial charge in [0.25, 0.3) is 0 Å². The number of ether oxygens (including phenoxy) is 1. The average molecular weight is 429 g/mol. The number of benzene rings is 1. The van der Waals surface area contributed by atoms with Gasteiger partial charge in [-0.15, -0.1) is 23.1 Å².